The molecule has 0 unspecified atom stereocenters. The fraction of sp³-hybridized carbons (Fsp3) is 0.333. The third kappa shape index (κ3) is 4.13. The maximum atomic E-state index is 11.8. The number of nitrogens with one attached hydrogen (secondary N) is 2. The average molecular weight is 303 g/mol. The number of hydrogen-bond donors (Lipinski definition) is 3. The molecule has 0 fully saturated rings. The summed E-state index contributed by atoms with van der Waals surface area (Å²) in [6.07, 6.45) is 0.920. The van der Waals surface area contributed by atoms with Gasteiger partial charge in [-0.1, -0.05) is 0 Å². The average Bonchev–Trinajstić information content (AvgIpc) is 2.34. The van der Waals surface area contributed by atoms with Gasteiger partial charge in [0.15, 0.2) is 0 Å². The zero-order chi connectivity index (χ0) is 15.3. The Hall–Kier alpha value is -2.27. The second-order valence-corrected chi connectivity index (χ2v) is 5.48. The minimum absolute atomic E-state index is 0.0555. The van der Waals surface area contributed by atoms with Crippen LogP contribution in [0.2, 0.25) is 0 Å². The number of rotatable bonds is 6. The fourth-order valence-electron chi connectivity index (χ4n) is 1.25. The van der Waals surface area contributed by atoms with Gasteiger partial charge in [-0.3, -0.25) is 14.9 Å². The molecular weight excluding hydrogens is 290 g/mol. The number of nitrogen functional groups attached to an aromatic ring is 1. The van der Waals surface area contributed by atoms with Crippen LogP contribution in [-0.4, -0.2) is 37.3 Å². The van der Waals surface area contributed by atoms with Crippen molar-refractivity contribution in [1.29, 1.82) is 0 Å². The molecule has 0 atom stereocenters. The molecule has 1 amide bonds. The van der Waals surface area contributed by atoms with E-state index in [9.17, 15) is 23.3 Å². The molecule has 11 heteroatoms. The van der Waals surface area contributed by atoms with E-state index in [1.165, 1.54) is 6.92 Å². The van der Waals surface area contributed by atoms with Crippen molar-refractivity contribution in [2.24, 2.45) is 0 Å². The van der Waals surface area contributed by atoms with E-state index in [-0.39, 0.29) is 29.7 Å². The Morgan fingerprint density at radius 3 is 2.70 bits per heavy atom. The summed E-state index contributed by atoms with van der Waals surface area (Å²) in [4.78, 5) is 23.5. The first-order chi connectivity index (χ1) is 9.24. The zero-order valence-corrected chi connectivity index (χ0v) is 11.3. The van der Waals surface area contributed by atoms with Gasteiger partial charge in [-0.15, -0.1) is 0 Å². The van der Waals surface area contributed by atoms with Crippen LogP contribution in [0.3, 0.4) is 0 Å². The van der Waals surface area contributed by atoms with Gasteiger partial charge in [0.05, 0.1) is 4.92 Å². The van der Waals surface area contributed by atoms with Gasteiger partial charge >= 0.3 is 5.69 Å². The molecule has 0 saturated heterocycles. The molecule has 0 aromatic carbocycles. The van der Waals surface area contributed by atoms with Gasteiger partial charge in [0.2, 0.25) is 21.7 Å². The van der Waals surface area contributed by atoms with Crippen LogP contribution in [0.15, 0.2) is 17.2 Å². The Morgan fingerprint density at radius 1 is 1.50 bits per heavy atom. The second-order valence-electron chi connectivity index (χ2n) is 3.71. The van der Waals surface area contributed by atoms with Gasteiger partial charge < -0.3 is 11.1 Å². The molecule has 0 spiro atoms. The SMILES string of the molecule is CC(=O)NCCNS(=O)(=O)c1cnc(N)c([N+](=O)[O-])c1. The number of anilines is 1. The Balaban J connectivity index is 2.85. The number of carbonyl (C=O) groups is 1. The molecule has 0 aliphatic carbocycles. The minimum Gasteiger partial charge on any atom is -0.378 e. The lowest BCUT2D eigenvalue weighted by Crippen LogP contribution is -2.33. The summed E-state index contributed by atoms with van der Waals surface area (Å²) in [5.41, 5.74) is 4.68. The Bertz CT molecular complexity index is 630. The predicted molar refractivity (Wildman–Crippen MR) is 69.2 cm³/mol. The van der Waals surface area contributed by atoms with Crippen molar-refractivity contribution >= 4 is 27.4 Å². The highest BCUT2D eigenvalue weighted by molar-refractivity contribution is 7.89. The summed E-state index contributed by atoms with van der Waals surface area (Å²) >= 11 is 0. The first-order valence-corrected chi connectivity index (χ1v) is 6.86. The molecule has 0 saturated carbocycles. The normalized spacial score (nSPS) is 11.1. The lowest BCUT2D eigenvalue weighted by molar-refractivity contribution is -0.384. The van der Waals surface area contributed by atoms with Crippen molar-refractivity contribution in [3.63, 3.8) is 0 Å². The summed E-state index contributed by atoms with van der Waals surface area (Å²) in [7, 11) is -3.95. The van der Waals surface area contributed by atoms with Crippen LogP contribution in [0.4, 0.5) is 11.5 Å². The van der Waals surface area contributed by atoms with Crippen molar-refractivity contribution in [3.05, 3.63) is 22.4 Å². The van der Waals surface area contributed by atoms with E-state index >= 15 is 0 Å². The number of nitro groups is 1. The number of nitrogens with two attached hydrogens (primary N) is 1. The number of hydrogen-bond acceptors (Lipinski definition) is 7. The van der Waals surface area contributed by atoms with Crippen LogP contribution >= 0.6 is 0 Å². The molecule has 0 bridgehead atoms. The zero-order valence-electron chi connectivity index (χ0n) is 10.5. The van der Waals surface area contributed by atoms with Crippen molar-refractivity contribution < 1.29 is 18.1 Å². The van der Waals surface area contributed by atoms with Gasteiger partial charge in [-0.05, 0) is 0 Å². The van der Waals surface area contributed by atoms with Gasteiger partial charge in [-0.2, -0.15) is 0 Å². The molecule has 0 radical (unpaired) electrons. The molecule has 1 aromatic heterocycles. The van der Waals surface area contributed by atoms with E-state index in [1.807, 2.05) is 0 Å². The number of carbonyl (C=O) groups excluding carboxylic acids is 1. The molecule has 20 heavy (non-hydrogen) atoms. The summed E-state index contributed by atoms with van der Waals surface area (Å²) < 4.78 is 25.8. The van der Waals surface area contributed by atoms with E-state index in [0.29, 0.717) is 0 Å². The van der Waals surface area contributed by atoms with E-state index in [1.54, 1.807) is 0 Å². The molecule has 110 valence electrons. The first kappa shape index (κ1) is 15.8. The monoisotopic (exact) mass is 303 g/mol. The van der Waals surface area contributed by atoms with E-state index in [2.05, 4.69) is 15.0 Å². The van der Waals surface area contributed by atoms with Crippen molar-refractivity contribution in [2.45, 2.75) is 11.8 Å². The number of sulfonamides is 1. The van der Waals surface area contributed by atoms with Crippen molar-refractivity contribution in [2.75, 3.05) is 18.8 Å². The maximum absolute atomic E-state index is 11.8. The van der Waals surface area contributed by atoms with E-state index in [4.69, 9.17) is 5.73 Å². The predicted octanol–water partition coefficient (Wildman–Crippen LogP) is -1.01. The molecule has 1 rings (SSSR count). The lowest BCUT2D eigenvalue weighted by atomic mass is 10.4. The van der Waals surface area contributed by atoms with Gasteiger partial charge in [0.1, 0.15) is 4.90 Å². The van der Waals surface area contributed by atoms with Gasteiger partial charge in [0, 0.05) is 32.3 Å². The number of amides is 1. The quantitative estimate of drug-likeness (QED) is 0.345. The molecule has 1 heterocycles. The number of aromatic nitrogens is 1. The van der Waals surface area contributed by atoms with Crippen LogP contribution in [0.5, 0.6) is 0 Å². The molecular formula is C9H13N5O5S. The highest BCUT2D eigenvalue weighted by Crippen LogP contribution is 2.21. The summed E-state index contributed by atoms with van der Waals surface area (Å²) in [6.45, 7) is 1.33. The molecule has 4 N–H and O–H groups in total. The Labute approximate surface area is 114 Å². The van der Waals surface area contributed by atoms with Crippen LogP contribution in [-0.2, 0) is 14.8 Å². The second kappa shape index (κ2) is 6.25. The lowest BCUT2D eigenvalue weighted by Gasteiger charge is -2.07. The molecule has 1 aromatic rings. The summed E-state index contributed by atoms with van der Waals surface area (Å²) in [6, 6.07) is 0.822. The standard InChI is InChI=1S/C9H13N5O5S/c1-6(15)11-2-3-13-20(18,19)7-4-8(14(16)17)9(10)12-5-7/h4-5,13H,2-3H2,1H3,(H2,10,12)(H,11,15). The van der Waals surface area contributed by atoms with Crippen LogP contribution in [0, 0.1) is 10.1 Å². The van der Waals surface area contributed by atoms with Crippen molar-refractivity contribution in [3.8, 4) is 0 Å². The van der Waals surface area contributed by atoms with Crippen LogP contribution in [0.25, 0.3) is 0 Å². The van der Waals surface area contributed by atoms with E-state index < -0.39 is 20.6 Å². The molecule has 0 aliphatic heterocycles. The van der Waals surface area contributed by atoms with Crippen LogP contribution < -0.4 is 15.8 Å². The largest absolute Gasteiger partial charge is 0.378 e. The number of pyridine rings is 1. The Morgan fingerprint density at radius 2 is 2.15 bits per heavy atom. The minimum atomic E-state index is -3.95. The summed E-state index contributed by atoms with van der Waals surface area (Å²) in [5.74, 6) is -0.666. The number of nitrogens with zero attached hydrogens (tertiary/aromatic N) is 2. The molecule has 10 nitrogen and oxygen atoms in total. The highest BCUT2D eigenvalue weighted by atomic mass is 32.2. The van der Waals surface area contributed by atoms with Gasteiger partial charge in [0.25, 0.3) is 0 Å². The van der Waals surface area contributed by atoms with Gasteiger partial charge in [-0.25, -0.2) is 18.1 Å². The topological polar surface area (TPSA) is 157 Å². The summed E-state index contributed by atoms with van der Waals surface area (Å²) in [5, 5.41) is 13.1. The highest BCUT2D eigenvalue weighted by Gasteiger charge is 2.20. The van der Waals surface area contributed by atoms with E-state index in [0.717, 1.165) is 12.3 Å². The maximum Gasteiger partial charge on any atom is 0.312 e. The third-order valence-electron chi connectivity index (χ3n) is 2.17. The third-order valence-corrected chi connectivity index (χ3v) is 3.60. The van der Waals surface area contributed by atoms with Crippen LogP contribution in [0.1, 0.15) is 6.92 Å². The first-order valence-electron chi connectivity index (χ1n) is 5.38. The fourth-order valence-corrected chi connectivity index (χ4v) is 2.24. The smallest absolute Gasteiger partial charge is 0.312 e. The molecule has 0 aliphatic rings. The van der Waals surface area contributed by atoms with Crippen molar-refractivity contribution in [1.82, 2.24) is 15.0 Å². The Kier molecular flexibility index (Phi) is 4.94.